The molecule has 0 bridgehead atoms. The molecule has 0 fully saturated rings. The molecule has 0 N–H and O–H groups in total. The van der Waals surface area contributed by atoms with Crippen molar-refractivity contribution in [3.8, 4) is 0 Å². The highest BCUT2D eigenvalue weighted by molar-refractivity contribution is 7.53. The molecule has 0 radical (unpaired) electrons. The summed E-state index contributed by atoms with van der Waals surface area (Å²) in [7, 11) is -2.90. The summed E-state index contributed by atoms with van der Waals surface area (Å²) in [6, 6.07) is 0. The average Bonchev–Trinajstić information content (AvgIpc) is 2.54. The Morgan fingerprint density at radius 3 is 1.54 bits per heavy atom. The fourth-order valence-electron chi connectivity index (χ4n) is 3.25. The SMILES string of the molecule is CCCCCCCCC(CCCCCC)CP(=O)(OCC)OCC. The van der Waals surface area contributed by atoms with Gasteiger partial charge in [0.05, 0.1) is 19.4 Å². The van der Waals surface area contributed by atoms with Gasteiger partial charge in [0.1, 0.15) is 0 Å². The van der Waals surface area contributed by atoms with Gasteiger partial charge >= 0.3 is 7.60 Å². The first-order valence-corrected chi connectivity index (χ1v) is 12.2. The van der Waals surface area contributed by atoms with Crippen LogP contribution in [-0.2, 0) is 13.6 Å². The predicted molar refractivity (Wildman–Crippen MR) is 106 cm³/mol. The zero-order valence-electron chi connectivity index (χ0n) is 16.9. The van der Waals surface area contributed by atoms with Crippen molar-refractivity contribution in [2.45, 2.75) is 105 Å². The lowest BCUT2D eigenvalue weighted by Gasteiger charge is -2.23. The minimum Gasteiger partial charge on any atom is -0.309 e. The van der Waals surface area contributed by atoms with Crippen LogP contribution in [0.2, 0.25) is 0 Å². The Morgan fingerprint density at radius 1 is 0.667 bits per heavy atom. The maximum Gasteiger partial charge on any atom is 0.330 e. The highest BCUT2D eigenvalue weighted by Crippen LogP contribution is 2.50. The lowest BCUT2D eigenvalue weighted by molar-refractivity contribution is 0.213. The van der Waals surface area contributed by atoms with E-state index in [4.69, 9.17) is 9.05 Å². The van der Waals surface area contributed by atoms with E-state index < -0.39 is 7.60 Å². The molecule has 0 aliphatic carbocycles. The summed E-state index contributed by atoms with van der Waals surface area (Å²) in [5.74, 6) is 0.483. The van der Waals surface area contributed by atoms with Gasteiger partial charge in [0.2, 0.25) is 0 Å². The van der Waals surface area contributed by atoms with Gasteiger partial charge in [-0.25, -0.2) is 0 Å². The first-order chi connectivity index (χ1) is 11.6. The first-order valence-electron chi connectivity index (χ1n) is 10.5. The molecule has 146 valence electrons. The quantitative estimate of drug-likeness (QED) is 0.186. The highest BCUT2D eigenvalue weighted by atomic mass is 31.2. The lowest BCUT2D eigenvalue weighted by atomic mass is 9.96. The molecular weight excluding hydrogens is 319 g/mol. The van der Waals surface area contributed by atoms with Gasteiger partial charge in [0, 0.05) is 0 Å². The second-order valence-corrected chi connectivity index (χ2v) is 9.00. The van der Waals surface area contributed by atoms with Crippen molar-refractivity contribution < 1.29 is 13.6 Å². The van der Waals surface area contributed by atoms with Crippen LogP contribution in [0.5, 0.6) is 0 Å². The van der Waals surface area contributed by atoms with E-state index in [2.05, 4.69) is 13.8 Å². The van der Waals surface area contributed by atoms with Crippen molar-refractivity contribution >= 4 is 7.60 Å². The summed E-state index contributed by atoms with van der Waals surface area (Å²) in [5.41, 5.74) is 0. The third-order valence-electron chi connectivity index (χ3n) is 4.57. The van der Waals surface area contributed by atoms with Gasteiger partial charge in [-0.05, 0) is 32.6 Å². The van der Waals surface area contributed by atoms with Gasteiger partial charge in [-0.2, -0.15) is 0 Å². The van der Waals surface area contributed by atoms with Gasteiger partial charge in [0.15, 0.2) is 0 Å². The zero-order valence-corrected chi connectivity index (χ0v) is 17.8. The van der Waals surface area contributed by atoms with Crippen LogP contribution < -0.4 is 0 Å². The highest BCUT2D eigenvalue weighted by Gasteiger charge is 2.28. The Kier molecular flexibility index (Phi) is 16.7. The molecule has 4 heteroatoms. The topological polar surface area (TPSA) is 35.5 Å². The molecule has 0 aromatic rings. The van der Waals surface area contributed by atoms with Crippen LogP contribution in [0.3, 0.4) is 0 Å². The normalized spacial score (nSPS) is 13.3. The molecule has 0 aliphatic heterocycles. The fraction of sp³-hybridized carbons (Fsp3) is 1.00. The molecule has 0 aromatic carbocycles. The van der Waals surface area contributed by atoms with Gasteiger partial charge in [-0.3, -0.25) is 4.57 Å². The smallest absolute Gasteiger partial charge is 0.309 e. The molecule has 0 saturated carbocycles. The maximum atomic E-state index is 12.8. The monoisotopic (exact) mass is 362 g/mol. The van der Waals surface area contributed by atoms with Gasteiger partial charge in [0.25, 0.3) is 0 Å². The fourth-order valence-corrected chi connectivity index (χ4v) is 5.32. The van der Waals surface area contributed by atoms with Crippen molar-refractivity contribution in [1.82, 2.24) is 0 Å². The summed E-state index contributed by atoms with van der Waals surface area (Å²) < 4.78 is 23.9. The number of hydrogen-bond acceptors (Lipinski definition) is 3. The van der Waals surface area contributed by atoms with Crippen molar-refractivity contribution in [1.29, 1.82) is 0 Å². The first kappa shape index (κ1) is 24.1. The summed E-state index contributed by atoms with van der Waals surface area (Å²) >= 11 is 0. The molecule has 1 atom stereocenters. The van der Waals surface area contributed by atoms with E-state index in [0.29, 0.717) is 25.3 Å². The van der Waals surface area contributed by atoms with E-state index in [1.165, 1.54) is 77.0 Å². The molecule has 0 spiro atoms. The third-order valence-corrected chi connectivity index (χ3v) is 6.83. The summed E-state index contributed by atoms with van der Waals surface area (Å²) in [5, 5.41) is 0. The third kappa shape index (κ3) is 13.4. The zero-order chi connectivity index (χ0) is 18.1. The van der Waals surface area contributed by atoms with Crippen LogP contribution in [0.4, 0.5) is 0 Å². The van der Waals surface area contributed by atoms with Crippen LogP contribution in [0.1, 0.15) is 105 Å². The van der Waals surface area contributed by atoms with Crippen molar-refractivity contribution in [2.24, 2.45) is 5.92 Å². The minimum absolute atomic E-state index is 0.469. The molecule has 0 saturated heterocycles. The van der Waals surface area contributed by atoms with Crippen molar-refractivity contribution in [3.05, 3.63) is 0 Å². The van der Waals surface area contributed by atoms with Crippen LogP contribution in [0.15, 0.2) is 0 Å². The number of rotatable bonds is 18. The van der Waals surface area contributed by atoms with Crippen molar-refractivity contribution in [3.63, 3.8) is 0 Å². The Bertz CT molecular complexity index is 297. The lowest BCUT2D eigenvalue weighted by Crippen LogP contribution is -2.11. The van der Waals surface area contributed by atoms with Crippen LogP contribution in [-0.4, -0.2) is 19.4 Å². The Labute approximate surface area is 151 Å². The molecular formula is C20H43O3P. The average molecular weight is 363 g/mol. The Hall–Kier alpha value is 0.150. The minimum atomic E-state index is -2.90. The molecule has 3 nitrogen and oxygen atoms in total. The summed E-state index contributed by atoms with van der Waals surface area (Å²) in [6.07, 6.45) is 15.9. The van der Waals surface area contributed by atoms with Crippen LogP contribution >= 0.6 is 7.60 Å². The summed E-state index contributed by atoms with van der Waals surface area (Å²) in [6.45, 7) is 9.23. The second kappa shape index (κ2) is 16.6. The predicted octanol–water partition coefficient (Wildman–Crippen LogP) is 7.59. The number of hydrogen-bond donors (Lipinski definition) is 0. The van der Waals surface area contributed by atoms with Crippen LogP contribution in [0.25, 0.3) is 0 Å². The number of unbranched alkanes of at least 4 members (excludes halogenated alkanes) is 8. The van der Waals surface area contributed by atoms with Gasteiger partial charge < -0.3 is 9.05 Å². The molecule has 0 aromatic heterocycles. The second-order valence-electron chi connectivity index (χ2n) is 6.90. The molecule has 24 heavy (non-hydrogen) atoms. The molecule has 0 amide bonds. The summed E-state index contributed by atoms with van der Waals surface area (Å²) in [4.78, 5) is 0. The molecule has 1 unspecified atom stereocenters. The van der Waals surface area contributed by atoms with E-state index in [9.17, 15) is 4.57 Å². The molecule has 0 aliphatic rings. The van der Waals surface area contributed by atoms with E-state index in [1.807, 2.05) is 13.8 Å². The molecule has 0 heterocycles. The van der Waals surface area contributed by atoms with Crippen LogP contribution in [0, 0.1) is 5.92 Å². The van der Waals surface area contributed by atoms with Crippen molar-refractivity contribution in [2.75, 3.05) is 19.4 Å². The largest absolute Gasteiger partial charge is 0.330 e. The van der Waals surface area contributed by atoms with E-state index >= 15 is 0 Å². The maximum absolute atomic E-state index is 12.8. The van der Waals surface area contributed by atoms with Gasteiger partial charge in [-0.15, -0.1) is 0 Å². The van der Waals surface area contributed by atoms with E-state index in [-0.39, 0.29) is 0 Å². The Morgan fingerprint density at radius 2 is 1.08 bits per heavy atom. The van der Waals surface area contributed by atoms with E-state index in [1.54, 1.807) is 0 Å². The molecule has 0 rings (SSSR count). The van der Waals surface area contributed by atoms with E-state index in [0.717, 1.165) is 0 Å². The van der Waals surface area contributed by atoms with Gasteiger partial charge in [-0.1, -0.05) is 78.1 Å². The standard InChI is InChI=1S/C20H43O3P/c1-5-9-11-13-14-16-18-20(17-15-12-10-6-2)19-24(21,22-7-3)23-8-4/h20H,5-19H2,1-4H3. The Balaban J connectivity index is 4.35.